The number of nitrogens with one attached hydrogen (secondary N) is 4. The molecular formula is C19H27N5O2. The monoisotopic (exact) mass is 357 g/mol. The van der Waals surface area contributed by atoms with E-state index in [2.05, 4.69) is 47.6 Å². The molecule has 0 aliphatic carbocycles. The Morgan fingerprint density at radius 1 is 1.23 bits per heavy atom. The van der Waals surface area contributed by atoms with Gasteiger partial charge in [-0.25, -0.2) is 4.98 Å². The van der Waals surface area contributed by atoms with Gasteiger partial charge in [-0.3, -0.25) is 9.59 Å². The molecule has 3 heterocycles. The molecule has 7 nitrogen and oxygen atoms in total. The van der Waals surface area contributed by atoms with Crippen LogP contribution in [0.5, 0.6) is 0 Å². The van der Waals surface area contributed by atoms with E-state index >= 15 is 0 Å². The van der Waals surface area contributed by atoms with E-state index in [1.807, 2.05) is 0 Å². The molecule has 1 aliphatic heterocycles. The lowest BCUT2D eigenvalue weighted by atomic mass is 9.89. The second kappa shape index (κ2) is 7.45. The van der Waals surface area contributed by atoms with Crippen LogP contribution < -0.4 is 27.1 Å². The highest BCUT2D eigenvalue weighted by molar-refractivity contribution is 5.48. The van der Waals surface area contributed by atoms with Gasteiger partial charge in [-0.05, 0) is 43.8 Å². The van der Waals surface area contributed by atoms with Crippen molar-refractivity contribution >= 4 is 12.7 Å². The molecule has 0 spiro atoms. The first-order valence-corrected chi connectivity index (χ1v) is 9.24. The zero-order chi connectivity index (χ0) is 18.8. The van der Waals surface area contributed by atoms with Crippen LogP contribution in [0.2, 0.25) is 0 Å². The molecule has 2 aromatic heterocycles. The van der Waals surface area contributed by atoms with E-state index in [1.54, 1.807) is 6.08 Å². The largest absolute Gasteiger partial charge is 0.345 e. The van der Waals surface area contributed by atoms with Gasteiger partial charge in [0, 0.05) is 11.6 Å². The minimum Gasteiger partial charge on any atom is -0.345 e. The second-order valence-electron chi connectivity index (χ2n) is 7.29. The number of nitrogens with zero attached hydrogens (tertiary/aromatic N) is 1. The maximum atomic E-state index is 12.1. The van der Waals surface area contributed by atoms with Gasteiger partial charge in [0.2, 0.25) is 0 Å². The molecule has 7 heteroatoms. The summed E-state index contributed by atoms with van der Waals surface area (Å²) in [5.41, 5.74) is 0.905. The molecule has 3 rings (SSSR count). The van der Waals surface area contributed by atoms with Gasteiger partial charge in [0.05, 0.1) is 11.0 Å². The molecule has 1 aliphatic rings. The number of imidazole rings is 1. The molecule has 0 saturated carbocycles. The van der Waals surface area contributed by atoms with Crippen LogP contribution >= 0.6 is 0 Å². The Bertz CT molecular complexity index is 992. The third-order valence-electron chi connectivity index (χ3n) is 5.13. The van der Waals surface area contributed by atoms with Gasteiger partial charge in [0.15, 0.2) is 0 Å². The van der Waals surface area contributed by atoms with E-state index in [4.69, 9.17) is 4.98 Å². The van der Waals surface area contributed by atoms with Crippen LogP contribution in [-0.4, -0.2) is 33.0 Å². The third-order valence-corrected chi connectivity index (χ3v) is 5.13. The molecule has 26 heavy (non-hydrogen) atoms. The van der Waals surface area contributed by atoms with Gasteiger partial charge >= 0.3 is 0 Å². The van der Waals surface area contributed by atoms with Crippen molar-refractivity contribution in [2.24, 2.45) is 5.92 Å². The van der Waals surface area contributed by atoms with Crippen molar-refractivity contribution in [3.63, 3.8) is 0 Å². The van der Waals surface area contributed by atoms with Crippen molar-refractivity contribution < 1.29 is 0 Å². The summed E-state index contributed by atoms with van der Waals surface area (Å²) in [5.74, 6) is 2.10. The lowest BCUT2D eigenvalue weighted by Crippen LogP contribution is -2.46. The smallest absolute Gasteiger partial charge is 0.272 e. The van der Waals surface area contributed by atoms with Gasteiger partial charge in [0.25, 0.3) is 11.1 Å². The summed E-state index contributed by atoms with van der Waals surface area (Å²) >= 11 is 0. The van der Waals surface area contributed by atoms with Crippen LogP contribution in [0.4, 0.5) is 0 Å². The zero-order valence-electron chi connectivity index (χ0n) is 15.6. The summed E-state index contributed by atoms with van der Waals surface area (Å²) in [7, 11) is 0. The van der Waals surface area contributed by atoms with E-state index < -0.39 is 5.56 Å². The molecule has 140 valence electrons. The van der Waals surface area contributed by atoms with Crippen molar-refractivity contribution in [3.8, 4) is 0 Å². The number of hydrogen-bond donors (Lipinski definition) is 4. The molecule has 0 bridgehead atoms. The standard InChI is InChI=1S/C19H27N5O2/c1-5-13(12-6-7-20-9-12)17-22-14(16(24-17)10(2)3)8-15-19(26)21-11(4)18(25)23-15/h8,10,12-13,20H,4-7,9H2,1-3H3,(H,21,26)(H,22,24)(H,23,25). The van der Waals surface area contributed by atoms with E-state index in [0.717, 1.165) is 37.4 Å². The number of aromatic amines is 3. The fourth-order valence-electron chi connectivity index (χ4n) is 3.67. The molecule has 2 aromatic rings. The van der Waals surface area contributed by atoms with Crippen molar-refractivity contribution in [2.45, 2.75) is 45.4 Å². The first-order valence-electron chi connectivity index (χ1n) is 9.24. The van der Waals surface area contributed by atoms with Gasteiger partial charge in [-0.15, -0.1) is 0 Å². The highest BCUT2D eigenvalue weighted by Crippen LogP contribution is 2.32. The predicted molar refractivity (Wildman–Crippen MR) is 103 cm³/mol. The molecule has 1 saturated heterocycles. The molecule has 0 aromatic carbocycles. The number of aromatic nitrogens is 4. The first-order chi connectivity index (χ1) is 12.4. The topological polar surface area (TPSA) is 106 Å². The Morgan fingerprint density at radius 3 is 2.62 bits per heavy atom. The van der Waals surface area contributed by atoms with Crippen LogP contribution in [0.1, 0.15) is 62.7 Å². The lowest BCUT2D eigenvalue weighted by molar-refractivity contribution is 0.430. The summed E-state index contributed by atoms with van der Waals surface area (Å²) in [4.78, 5) is 37.3. The summed E-state index contributed by atoms with van der Waals surface area (Å²) < 4.78 is 0. The van der Waals surface area contributed by atoms with Gasteiger partial charge in [0.1, 0.15) is 11.2 Å². The second-order valence-corrected chi connectivity index (χ2v) is 7.29. The Kier molecular flexibility index (Phi) is 5.27. The Hall–Kier alpha value is -2.41. The minimum atomic E-state index is -0.402. The SMILES string of the molecule is C=c1[nH]c(=O)c(=Cc2nc(C(CC)C3CCNC3)[nH]c2C(C)C)[nH]c1=O. The van der Waals surface area contributed by atoms with Crippen molar-refractivity contribution in [2.75, 3.05) is 13.1 Å². The number of hydrogen-bond acceptors (Lipinski definition) is 4. The molecule has 0 amide bonds. The van der Waals surface area contributed by atoms with Crippen molar-refractivity contribution in [3.05, 3.63) is 48.6 Å². The molecule has 2 unspecified atom stereocenters. The third kappa shape index (κ3) is 3.58. The average molecular weight is 357 g/mol. The van der Waals surface area contributed by atoms with Crippen LogP contribution in [0.15, 0.2) is 9.59 Å². The Morgan fingerprint density at radius 2 is 2.00 bits per heavy atom. The van der Waals surface area contributed by atoms with Gasteiger partial charge in [-0.2, -0.15) is 0 Å². The highest BCUT2D eigenvalue weighted by Gasteiger charge is 2.28. The zero-order valence-corrected chi connectivity index (χ0v) is 15.6. The lowest BCUT2D eigenvalue weighted by Gasteiger charge is -2.19. The average Bonchev–Trinajstić information content (AvgIpc) is 3.24. The summed E-state index contributed by atoms with van der Waals surface area (Å²) in [5, 5.41) is 3.67. The van der Waals surface area contributed by atoms with E-state index in [0.29, 0.717) is 17.5 Å². The van der Waals surface area contributed by atoms with E-state index in [1.165, 1.54) is 0 Å². The van der Waals surface area contributed by atoms with Crippen LogP contribution in [-0.2, 0) is 0 Å². The molecular weight excluding hydrogens is 330 g/mol. The van der Waals surface area contributed by atoms with Crippen molar-refractivity contribution in [1.29, 1.82) is 0 Å². The quantitative estimate of drug-likeness (QED) is 0.615. The Labute approximate surface area is 151 Å². The van der Waals surface area contributed by atoms with Crippen LogP contribution in [0.3, 0.4) is 0 Å². The molecule has 1 fully saturated rings. The number of rotatable bonds is 5. The summed E-state index contributed by atoms with van der Waals surface area (Å²) in [6, 6.07) is 0. The van der Waals surface area contributed by atoms with Crippen LogP contribution in [0.25, 0.3) is 12.7 Å². The van der Waals surface area contributed by atoms with E-state index in [-0.39, 0.29) is 22.2 Å². The highest BCUT2D eigenvalue weighted by atomic mass is 16.1. The van der Waals surface area contributed by atoms with Gasteiger partial charge < -0.3 is 20.3 Å². The fourth-order valence-corrected chi connectivity index (χ4v) is 3.67. The van der Waals surface area contributed by atoms with E-state index in [9.17, 15) is 9.59 Å². The molecule has 2 atom stereocenters. The normalized spacial score (nSPS) is 19.4. The van der Waals surface area contributed by atoms with Crippen LogP contribution in [0, 0.1) is 5.92 Å². The van der Waals surface area contributed by atoms with Crippen molar-refractivity contribution in [1.82, 2.24) is 25.3 Å². The maximum absolute atomic E-state index is 12.1. The minimum absolute atomic E-state index is 0.0544. The van der Waals surface area contributed by atoms with Gasteiger partial charge in [-0.1, -0.05) is 27.4 Å². The fraction of sp³-hybridized carbons (Fsp3) is 0.526. The first kappa shape index (κ1) is 18.4. The molecule has 0 radical (unpaired) electrons. The molecule has 4 N–H and O–H groups in total. The summed E-state index contributed by atoms with van der Waals surface area (Å²) in [6.45, 7) is 11.9. The number of H-pyrrole nitrogens is 3. The Balaban J connectivity index is 2.10. The summed E-state index contributed by atoms with van der Waals surface area (Å²) in [6.07, 6.45) is 3.80. The maximum Gasteiger partial charge on any atom is 0.272 e. The predicted octanol–water partition coefficient (Wildman–Crippen LogP) is 0.252.